The van der Waals surface area contributed by atoms with Crippen LogP contribution in [0.1, 0.15) is 63.6 Å². The van der Waals surface area contributed by atoms with E-state index in [9.17, 15) is 0 Å². The van der Waals surface area contributed by atoms with E-state index in [2.05, 4.69) is 82.3 Å². The van der Waals surface area contributed by atoms with E-state index in [0.29, 0.717) is 5.92 Å². The van der Waals surface area contributed by atoms with E-state index in [1.165, 1.54) is 35.1 Å². The highest BCUT2D eigenvalue weighted by Gasteiger charge is 2.03. The van der Waals surface area contributed by atoms with Crippen LogP contribution in [-0.4, -0.2) is 6.61 Å². The van der Waals surface area contributed by atoms with Crippen molar-refractivity contribution in [1.82, 2.24) is 0 Å². The van der Waals surface area contributed by atoms with Gasteiger partial charge in [0, 0.05) is 0 Å². The standard InChI is InChI=1S/C26H36O/c1-5-23-9-11-24(12-10-23)13-14-25-15-17-26(18-16-25)27-20-19-22(4)8-6-7-21(2)3/h7,9-12,15-18,22H,5-6,8,13-14,19-20H2,1-4H3. The smallest absolute Gasteiger partial charge is 0.119 e. The summed E-state index contributed by atoms with van der Waals surface area (Å²) in [6, 6.07) is 17.6. The van der Waals surface area contributed by atoms with E-state index in [-0.39, 0.29) is 0 Å². The molecule has 0 amide bonds. The zero-order chi connectivity index (χ0) is 19.5. The Kier molecular flexibility index (Phi) is 9.18. The number of rotatable bonds is 11. The second-order valence-electron chi connectivity index (χ2n) is 7.92. The molecule has 0 heterocycles. The van der Waals surface area contributed by atoms with Gasteiger partial charge in [-0.25, -0.2) is 0 Å². The molecule has 0 bridgehead atoms. The molecule has 1 atom stereocenters. The van der Waals surface area contributed by atoms with Gasteiger partial charge in [0.2, 0.25) is 0 Å². The Morgan fingerprint density at radius 3 is 1.96 bits per heavy atom. The second kappa shape index (κ2) is 11.6. The molecule has 0 aliphatic heterocycles. The minimum Gasteiger partial charge on any atom is -0.494 e. The Morgan fingerprint density at radius 1 is 0.852 bits per heavy atom. The third-order valence-electron chi connectivity index (χ3n) is 5.15. The van der Waals surface area contributed by atoms with Gasteiger partial charge in [0.25, 0.3) is 0 Å². The average Bonchev–Trinajstić information content (AvgIpc) is 2.67. The molecule has 0 spiro atoms. The molecule has 1 unspecified atom stereocenters. The van der Waals surface area contributed by atoms with Crippen LogP contribution in [0.5, 0.6) is 5.75 Å². The molecule has 0 saturated carbocycles. The maximum Gasteiger partial charge on any atom is 0.119 e. The van der Waals surface area contributed by atoms with Gasteiger partial charge in [-0.3, -0.25) is 0 Å². The molecular weight excluding hydrogens is 328 g/mol. The Balaban J connectivity index is 1.69. The molecule has 0 aromatic heterocycles. The minimum absolute atomic E-state index is 0.707. The normalized spacial score (nSPS) is 11.9. The molecule has 1 heteroatoms. The fourth-order valence-electron chi connectivity index (χ4n) is 3.16. The van der Waals surface area contributed by atoms with E-state index in [0.717, 1.165) is 38.0 Å². The van der Waals surface area contributed by atoms with Crippen LogP contribution in [0.2, 0.25) is 0 Å². The highest BCUT2D eigenvalue weighted by molar-refractivity contribution is 5.29. The highest BCUT2D eigenvalue weighted by atomic mass is 16.5. The van der Waals surface area contributed by atoms with E-state index in [1.807, 2.05) is 0 Å². The van der Waals surface area contributed by atoms with E-state index in [4.69, 9.17) is 4.74 Å². The third-order valence-corrected chi connectivity index (χ3v) is 5.15. The molecule has 27 heavy (non-hydrogen) atoms. The van der Waals surface area contributed by atoms with E-state index >= 15 is 0 Å². The first-order valence-corrected chi connectivity index (χ1v) is 10.5. The van der Waals surface area contributed by atoms with E-state index < -0.39 is 0 Å². The lowest BCUT2D eigenvalue weighted by Crippen LogP contribution is -2.04. The molecule has 1 nitrogen and oxygen atoms in total. The maximum atomic E-state index is 5.93. The zero-order valence-corrected chi connectivity index (χ0v) is 17.6. The number of hydrogen-bond acceptors (Lipinski definition) is 1. The summed E-state index contributed by atoms with van der Waals surface area (Å²) in [4.78, 5) is 0. The number of allylic oxidation sites excluding steroid dienone is 2. The lowest BCUT2D eigenvalue weighted by atomic mass is 10.0. The van der Waals surface area contributed by atoms with Crippen LogP contribution in [0.4, 0.5) is 0 Å². The highest BCUT2D eigenvalue weighted by Crippen LogP contribution is 2.17. The second-order valence-corrected chi connectivity index (χ2v) is 7.92. The van der Waals surface area contributed by atoms with Crippen LogP contribution < -0.4 is 4.74 Å². The van der Waals surface area contributed by atoms with Crippen molar-refractivity contribution in [3.63, 3.8) is 0 Å². The first-order chi connectivity index (χ1) is 13.1. The van der Waals surface area contributed by atoms with Crippen molar-refractivity contribution in [3.05, 3.63) is 76.9 Å². The molecule has 2 aromatic carbocycles. The SMILES string of the molecule is CCc1ccc(CCc2ccc(OCCC(C)CCC=C(C)C)cc2)cc1. The van der Waals surface area contributed by atoms with Crippen molar-refractivity contribution < 1.29 is 4.74 Å². The monoisotopic (exact) mass is 364 g/mol. The van der Waals surface area contributed by atoms with Gasteiger partial charge in [-0.05, 0) is 87.1 Å². The molecular formula is C26H36O. The number of ether oxygens (including phenoxy) is 1. The molecule has 2 aromatic rings. The minimum atomic E-state index is 0.707. The molecule has 0 radical (unpaired) electrons. The lowest BCUT2D eigenvalue weighted by molar-refractivity contribution is 0.279. The van der Waals surface area contributed by atoms with Crippen LogP contribution >= 0.6 is 0 Å². The van der Waals surface area contributed by atoms with Crippen molar-refractivity contribution >= 4 is 0 Å². The summed E-state index contributed by atoms with van der Waals surface area (Å²) in [6.45, 7) is 9.65. The quantitative estimate of drug-likeness (QED) is 0.383. The zero-order valence-electron chi connectivity index (χ0n) is 17.6. The van der Waals surface area contributed by atoms with Gasteiger partial charge in [0.1, 0.15) is 5.75 Å². The number of hydrogen-bond donors (Lipinski definition) is 0. The van der Waals surface area contributed by atoms with Gasteiger partial charge in [0.05, 0.1) is 6.61 Å². The van der Waals surface area contributed by atoms with Crippen LogP contribution in [0.15, 0.2) is 60.2 Å². The van der Waals surface area contributed by atoms with Crippen molar-refractivity contribution in [1.29, 1.82) is 0 Å². The predicted molar refractivity (Wildman–Crippen MR) is 118 cm³/mol. The Morgan fingerprint density at radius 2 is 1.41 bits per heavy atom. The predicted octanol–water partition coefficient (Wildman–Crippen LogP) is 7.19. The Hall–Kier alpha value is -2.02. The van der Waals surface area contributed by atoms with Crippen molar-refractivity contribution in [2.75, 3.05) is 6.61 Å². The molecule has 0 N–H and O–H groups in total. The van der Waals surface area contributed by atoms with Crippen LogP contribution in [-0.2, 0) is 19.3 Å². The fraction of sp³-hybridized carbons (Fsp3) is 0.462. The van der Waals surface area contributed by atoms with Gasteiger partial charge in [-0.15, -0.1) is 0 Å². The van der Waals surface area contributed by atoms with Gasteiger partial charge < -0.3 is 4.74 Å². The molecule has 2 rings (SSSR count). The summed E-state index contributed by atoms with van der Waals surface area (Å²) in [5.74, 6) is 1.70. The summed E-state index contributed by atoms with van der Waals surface area (Å²) >= 11 is 0. The topological polar surface area (TPSA) is 9.23 Å². The van der Waals surface area contributed by atoms with Crippen LogP contribution in [0, 0.1) is 5.92 Å². The van der Waals surface area contributed by atoms with Crippen LogP contribution in [0.25, 0.3) is 0 Å². The summed E-state index contributed by atoms with van der Waals surface area (Å²) in [5, 5.41) is 0. The average molecular weight is 365 g/mol. The molecule has 0 saturated heterocycles. The molecule has 0 fully saturated rings. The van der Waals surface area contributed by atoms with Crippen molar-refractivity contribution in [2.45, 2.75) is 66.2 Å². The molecule has 0 aliphatic rings. The number of aryl methyl sites for hydroxylation is 3. The van der Waals surface area contributed by atoms with Gasteiger partial charge in [0.15, 0.2) is 0 Å². The Bertz CT molecular complexity index is 675. The van der Waals surface area contributed by atoms with Crippen molar-refractivity contribution in [3.8, 4) is 5.75 Å². The van der Waals surface area contributed by atoms with Crippen LogP contribution in [0.3, 0.4) is 0 Å². The third kappa shape index (κ3) is 8.47. The fourth-order valence-corrected chi connectivity index (χ4v) is 3.16. The number of benzene rings is 2. The molecule has 0 aliphatic carbocycles. The van der Waals surface area contributed by atoms with E-state index in [1.54, 1.807) is 0 Å². The van der Waals surface area contributed by atoms with Gasteiger partial charge in [-0.2, -0.15) is 0 Å². The van der Waals surface area contributed by atoms with Gasteiger partial charge >= 0.3 is 0 Å². The summed E-state index contributed by atoms with van der Waals surface area (Å²) in [5.41, 5.74) is 5.61. The Labute approximate surface area is 166 Å². The van der Waals surface area contributed by atoms with Crippen molar-refractivity contribution in [2.24, 2.45) is 5.92 Å². The first kappa shape index (κ1) is 21.3. The summed E-state index contributed by atoms with van der Waals surface area (Å²) in [7, 11) is 0. The first-order valence-electron chi connectivity index (χ1n) is 10.5. The largest absolute Gasteiger partial charge is 0.494 e. The lowest BCUT2D eigenvalue weighted by Gasteiger charge is -2.12. The van der Waals surface area contributed by atoms with Gasteiger partial charge in [-0.1, -0.05) is 61.9 Å². The maximum absolute atomic E-state index is 5.93. The summed E-state index contributed by atoms with van der Waals surface area (Å²) in [6.07, 6.45) is 9.14. The summed E-state index contributed by atoms with van der Waals surface area (Å²) < 4.78 is 5.93. The molecule has 146 valence electrons.